The highest BCUT2D eigenvalue weighted by Crippen LogP contribution is 2.05. The number of rotatable bonds is 3. The Balaban J connectivity index is 2.48. The van der Waals surface area contributed by atoms with Crippen LogP contribution >= 0.6 is 0 Å². The summed E-state index contributed by atoms with van der Waals surface area (Å²) in [4.78, 5) is 13.5. The third-order valence-corrected chi connectivity index (χ3v) is 2.42. The van der Waals surface area contributed by atoms with Gasteiger partial charge in [-0.2, -0.15) is 0 Å². The summed E-state index contributed by atoms with van der Waals surface area (Å²) in [5, 5.41) is 3.25. The lowest BCUT2D eigenvalue weighted by Crippen LogP contribution is -2.54. The van der Waals surface area contributed by atoms with Gasteiger partial charge >= 0.3 is 0 Å². The average molecular weight is 186 g/mol. The second kappa shape index (κ2) is 5.16. The highest BCUT2D eigenvalue weighted by molar-refractivity contribution is 5.81. The Labute approximate surface area is 78.6 Å². The minimum Gasteiger partial charge on any atom is -0.314 e. The van der Waals surface area contributed by atoms with Crippen molar-refractivity contribution in [1.82, 2.24) is 15.6 Å². The van der Waals surface area contributed by atoms with E-state index in [1.54, 1.807) is 0 Å². The predicted octanol–water partition coefficient (Wildman–Crippen LogP) is -1.34. The van der Waals surface area contributed by atoms with Crippen LogP contribution in [0.4, 0.5) is 0 Å². The van der Waals surface area contributed by atoms with Crippen molar-refractivity contribution in [3.05, 3.63) is 0 Å². The van der Waals surface area contributed by atoms with E-state index in [1.807, 2.05) is 6.92 Å². The van der Waals surface area contributed by atoms with Crippen molar-refractivity contribution in [1.29, 1.82) is 0 Å². The molecule has 4 N–H and O–H groups in total. The first kappa shape index (κ1) is 10.4. The number of amides is 1. The minimum absolute atomic E-state index is 0.0629. The average Bonchev–Trinajstić information content (AvgIpc) is 2.20. The Morgan fingerprint density at radius 2 is 2.23 bits per heavy atom. The Kier molecular flexibility index (Phi) is 4.14. The van der Waals surface area contributed by atoms with Gasteiger partial charge in [-0.3, -0.25) is 15.1 Å². The van der Waals surface area contributed by atoms with Crippen molar-refractivity contribution >= 4 is 5.91 Å². The number of piperazine rings is 1. The summed E-state index contributed by atoms with van der Waals surface area (Å²) in [6.45, 7) is 5.75. The number of nitrogens with two attached hydrogens (primary N) is 1. The van der Waals surface area contributed by atoms with Gasteiger partial charge in [0.05, 0.1) is 6.04 Å². The molecule has 0 aromatic heterocycles. The van der Waals surface area contributed by atoms with E-state index in [0.717, 1.165) is 32.6 Å². The lowest BCUT2D eigenvalue weighted by molar-refractivity contribution is -0.126. The summed E-state index contributed by atoms with van der Waals surface area (Å²) in [6, 6.07) is -0.0629. The van der Waals surface area contributed by atoms with Crippen LogP contribution in [-0.4, -0.2) is 43.0 Å². The van der Waals surface area contributed by atoms with Crippen LogP contribution in [0.25, 0.3) is 0 Å². The van der Waals surface area contributed by atoms with Crippen LogP contribution in [-0.2, 0) is 4.79 Å². The summed E-state index contributed by atoms with van der Waals surface area (Å²) in [5.41, 5.74) is 2.21. The zero-order chi connectivity index (χ0) is 9.68. The van der Waals surface area contributed by atoms with Crippen LogP contribution in [0.15, 0.2) is 0 Å². The lowest BCUT2D eigenvalue weighted by atomic mass is 10.1. The number of hydrogen-bond acceptors (Lipinski definition) is 4. The van der Waals surface area contributed by atoms with Gasteiger partial charge in [-0.1, -0.05) is 6.92 Å². The quantitative estimate of drug-likeness (QED) is 0.290. The Hall–Kier alpha value is -0.650. The number of nitrogens with zero attached hydrogens (tertiary/aromatic N) is 1. The molecular weight excluding hydrogens is 168 g/mol. The highest BCUT2D eigenvalue weighted by Gasteiger charge is 2.24. The van der Waals surface area contributed by atoms with Crippen LogP contribution in [0.1, 0.15) is 13.3 Å². The molecule has 1 unspecified atom stereocenters. The molecule has 1 fully saturated rings. The van der Waals surface area contributed by atoms with Crippen molar-refractivity contribution in [3.63, 3.8) is 0 Å². The summed E-state index contributed by atoms with van der Waals surface area (Å²) in [5.74, 6) is 5.03. The molecule has 0 radical (unpaired) electrons. The second-order valence-corrected chi connectivity index (χ2v) is 3.22. The molecule has 0 bridgehead atoms. The molecule has 0 aromatic rings. The van der Waals surface area contributed by atoms with Crippen molar-refractivity contribution in [2.45, 2.75) is 19.4 Å². The van der Waals surface area contributed by atoms with Gasteiger partial charge in [0.2, 0.25) is 0 Å². The fraction of sp³-hybridized carbons (Fsp3) is 0.875. The lowest BCUT2D eigenvalue weighted by Gasteiger charge is -2.32. The molecule has 1 heterocycles. The predicted molar refractivity (Wildman–Crippen MR) is 50.9 cm³/mol. The maximum absolute atomic E-state index is 11.3. The molecule has 13 heavy (non-hydrogen) atoms. The van der Waals surface area contributed by atoms with Gasteiger partial charge in [0.1, 0.15) is 0 Å². The number of hydrazine groups is 1. The molecule has 0 spiro atoms. The van der Waals surface area contributed by atoms with Crippen molar-refractivity contribution in [3.8, 4) is 0 Å². The molecule has 1 aliphatic rings. The van der Waals surface area contributed by atoms with Gasteiger partial charge in [-0.25, -0.2) is 5.84 Å². The number of nitrogens with one attached hydrogen (secondary N) is 2. The summed E-state index contributed by atoms with van der Waals surface area (Å²) in [6.07, 6.45) is 0.809. The molecule has 5 heteroatoms. The first-order valence-electron chi connectivity index (χ1n) is 4.74. The van der Waals surface area contributed by atoms with Gasteiger partial charge in [0.25, 0.3) is 5.91 Å². The van der Waals surface area contributed by atoms with Crippen LogP contribution in [0.3, 0.4) is 0 Å². The molecule has 1 aliphatic heterocycles. The largest absolute Gasteiger partial charge is 0.314 e. The van der Waals surface area contributed by atoms with Crippen LogP contribution in [0, 0.1) is 0 Å². The maximum atomic E-state index is 11.3. The van der Waals surface area contributed by atoms with E-state index < -0.39 is 0 Å². The molecule has 0 saturated carbocycles. The number of carbonyl (C=O) groups is 1. The molecular formula is C8H18N4O. The fourth-order valence-electron chi connectivity index (χ4n) is 1.70. The minimum atomic E-state index is -0.0793. The molecule has 0 aliphatic carbocycles. The van der Waals surface area contributed by atoms with Gasteiger partial charge in [0.15, 0.2) is 0 Å². The van der Waals surface area contributed by atoms with Crippen LogP contribution in [0.2, 0.25) is 0 Å². The molecule has 0 aromatic carbocycles. The van der Waals surface area contributed by atoms with Crippen LogP contribution < -0.4 is 16.6 Å². The highest BCUT2D eigenvalue weighted by atomic mass is 16.2. The zero-order valence-electron chi connectivity index (χ0n) is 8.05. The third-order valence-electron chi connectivity index (χ3n) is 2.42. The maximum Gasteiger partial charge on any atom is 0.251 e. The number of hydrogen-bond donors (Lipinski definition) is 3. The summed E-state index contributed by atoms with van der Waals surface area (Å²) < 4.78 is 0. The number of carbonyl (C=O) groups excluding carboxylic acids is 1. The normalized spacial score (nSPS) is 21.1. The molecule has 1 atom stereocenters. The standard InChI is InChI=1S/C8H18N4O/c1-2-7(8(13)11-9)12-5-3-10-4-6-12/h7,10H,2-6,9H2,1H3,(H,11,13). The van der Waals surface area contributed by atoms with Crippen molar-refractivity contribution in [2.24, 2.45) is 5.84 Å². The van der Waals surface area contributed by atoms with E-state index in [4.69, 9.17) is 5.84 Å². The Morgan fingerprint density at radius 1 is 1.62 bits per heavy atom. The second-order valence-electron chi connectivity index (χ2n) is 3.22. The summed E-state index contributed by atoms with van der Waals surface area (Å²) in [7, 11) is 0. The van der Waals surface area contributed by atoms with E-state index in [0.29, 0.717) is 0 Å². The van der Waals surface area contributed by atoms with Crippen molar-refractivity contribution < 1.29 is 4.79 Å². The van der Waals surface area contributed by atoms with Gasteiger partial charge in [0, 0.05) is 26.2 Å². The third kappa shape index (κ3) is 2.65. The van der Waals surface area contributed by atoms with Gasteiger partial charge < -0.3 is 5.32 Å². The van der Waals surface area contributed by atoms with Crippen molar-refractivity contribution in [2.75, 3.05) is 26.2 Å². The smallest absolute Gasteiger partial charge is 0.251 e. The van der Waals surface area contributed by atoms with E-state index in [2.05, 4.69) is 15.6 Å². The first-order chi connectivity index (χ1) is 6.29. The van der Waals surface area contributed by atoms with E-state index in [-0.39, 0.29) is 11.9 Å². The monoisotopic (exact) mass is 186 g/mol. The molecule has 1 rings (SSSR count). The SMILES string of the molecule is CCC(C(=O)NN)N1CCNCC1. The molecule has 76 valence electrons. The summed E-state index contributed by atoms with van der Waals surface area (Å²) >= 11 is 0. The molecule has 1 saturated heterocycles. The molecule has 1 amide bonds. The Bertz CT molecular complexity index is 168. The van der Waals surface area contributed by atoms with Crippen LogP contribution in [0.5, 0.6) is 0 Å². The van der Waals surface area contributed by atoms with E-state index >= 15 is 0 Å². The molecule has 5 nitrogen and oxygen atoms in total. The topological polar surface area (TPSA) is 70.4 Å². The fourth-order valence-corrected chi connectivity index (χ4v) is 1.70. The van der Waals surface area contributed by atoms with Gasteiger partial charge in [-0.05, 0) is 6.42 Å². The van der Waals surface area contributed by atoms with E-state index in [1.165, 1.54) is 0 Å². The first-order valence-corrected chi connectivity index (χ1v) is 4.74. The zero-order valence-corrected chi connectivity index (χ0v) is 8.05. The van der Waals surface area contributed by atoms with Gasteiger partial charge in [-0.15, -0.1) is 0 Å². The Morgan fingerprint density at radius 3 is 2.69 bits per heavy atom. The van der Waals surface area contributed by atoms with E-state index in [9.17, 15) is 4.79 Å².